The fourth-order valence-corrected chi connectivity index (χ4v) is 1.95. The third-order valence-electron chi connectivity index (χ3n) is 2.92. The molecule has 0 radical (unpaired) electrons. The Morgan fingerprint density at radius 3 is 2.76 bits per heavy atom. The van der Waals surface area contributed by atoms with Gasteiger partial charge < -0.3 is 9.52 Å². The molecule has 0 fully saturated rings. The zero-order chi connectivity index (χ0) is 12.4. The molecule has 0 saturated heterocycles. The fraction of sp³-hybridized carbons (Fsp3) is 0.357. The van der Waals surface area contributed by atoms with E-state index in [1.54, 1.807) is 19.1 Å². The Bertz CT molecular complexity index is 552. The number of aryl methyl sites for hydroxylation is 2. The maximum absolute atomic E-state index is 11.0. The maximum Gasteiger partial charge on any atom is 0.335 e. The molecular weight excluding hydrogens is 216 g/mol. The number of rotatable bonds is 4. The van der Waals surface area contributed by atoms with Gasteiger partial charge >= 0.3 is 5.97 Å². The minimum absolute atomic E-state index is 0.348. The third kappa shape index (κ3) is 2.33. The molecule has 0 aliphatic heterocycles. The molecule has 0 bridgehead atoms. The second kappa shape index (κ2) is 4.62. The lowest BCUT2D eigenvalue weighted by Gasteiger charge is -1.99. The predicted molar refractivity (Wildman–Crippen MR) is 66.5 cm³/mol. The molecule has 17 heavy (non-hydrogen) atoms. The highest BCUT2D eigenvalue weighted by Crippen LogP contribution is 2.24. The van der Waals surface area contributed by atoms with Crippen LogP contribution >= 0.6 is 0 Å². The first-order chi connectivity index (χ1) is 8.11. The second-order valence-electron chi connectivity index (χ2n) is 4.33. The lowest BCUT2D eigenvalue weighted by atomic mass is 10.1. The predicted octanol–water partition coefficient (Wildman–Crippen LogP) is 3.78. The molecule has 0 amide bonds. The van der Waals surface area contributed by atoms with E-state index in [1.165, 1.54) is 0 Å². The van der Waals surface area contributed by atoms with Crippen LogP contribution in [0, 0.1) is 6.92 Å². The summed E-state index contributed by atoms with van der Waals surface area (Å²) in [6.45, 7) is 3.92. The third-order valence-corrected chi connectivity index (χ3v) is 2.92. The van der Waals surface area contributed by atoms with E-state index < -0.39 is 5.97 Å². The monoisotopic (exact) mass is 232 g/mol. The van der Waals surface area contributed by atoms with Gasteiger partial charge in [-0.3, -0.25) is 0 Å². The molecule has 1 aromatic heterocycles. The number of carbonyl (C=O) groups is 1. The normalized spacial score (nSPS) is 10.9. The minimum Gasteiger partial charge on any atom is -0.478 e. The number of fused-ring (bicyclic) bond motifs is 1. The average Bonchev–Trinajstić information content (AvgIpc) is 2.66. The van der Waals surface area contributed by atoms with Gasteiger partial charge in [-0.05, 0) is 37.1 Å². The molecule has 0 aliphatic carbocycles. The van der Waals surface area contributed by atoms with E-state index in [-0.39, 0.29) is 0 Å². The Balaban J connectivity index is 2.43. The number of benzene rings is 1. The zero-order valence-corrected chi connectivity index (χ0v) is 10.1. The molecule has 90 valence electrons. The van der Waals surface area contributed by atoms with Crippen molar-refractivity contribution in [3.8, 4) is 0 Å². The molecule has 0 atom stereocenters. The highest BCUT2D eigenvalue weighted by atomic mass is 16.4. The number of carboxylic acid groups (broad SMARTS) is 1. The smallest absolute Gasteiger partial charge is 0.335 e. The van der Waals surface area contributed by atoms with Gasteiger partial charge in [0.2, 0.25) is 0 Å². The number of carboxylic acids is 1. The molecule has 1 heterocycles. The molecule has 1 N–H and O–H groups in total. The van der Waals surface area contributed by atoms with Crippen LogP contribution < -0.4 is 0 Å². The zero-order valence-electron chi connectivity index (χ0n) is 10.1. The van der Waals surface area contributed by atoms with Gasteiger partial charge in [0, 0.05) is 11.8 Å². The lowest BCUT2D eigenvalue weighted by molar-refractivity contribution is 0.0696. The minimum atomic E-state index is -0.888. The summed E-state index contributed by atoms with van der Waals surface area (Å²) in [5, 5.41) is 9.92. The molecule has 0 aliphatic rings. The fourth-order valence-electron chi connectivity index (χ4n) is 1.95. The summed E-state index contributed by atoms with van der Waals surface area (Å²) < 4.78 is 5.69. The van der Waals surface area contributed by atoms with E-state index in [2.05, 4.69) is 6.92 Å². The molecule has 0 unspecified atom stereocenters. The van der Waals surface area contributed by atoms with Crippen LogP contribution in [-0.4, -0.2) is 11.1 Å². The first-order valence-corrected chi connectivity index (χ1v) is 5.88. The largest absolute Gasteiger partial charge is 0.478 e. The molecule has 2 aromatic rings. The Morgan fingerprint density at radius 2 is 2.12 bits per heavy atom. The highest BCUT2D eigenvalue weighted by molar-refractivity contribution is 5.94. The molecule has 0 saturated carbocycles. The van der Waals surface area contributed by atoms with Gasteiger partial charge in [-0.2, -0.15) is 0 Å². The molecule has 0 spiro atoms. The lowest BCUT2D eigenvalue weighted by Crippen LogP contribution is -1.98. The first kappa shape index (κ1) is 11.7. The maximum atomic E-state index is 11.0. The van der Waals surface area contributed by atoms with Gasteiger partial charge in [-0.25, -0.2) is 4.79 Å². The van der Waals surface area contributed by atoms with Crippen molar-refractivity contribution in [2.24, 2.45) is 0 Å². The van der Waals surface area contributed by atoms with Crippen LogP contribution in [-0.2, 0) is 6.42 Å². The molecule has 3 nitrogen and oxygen atoms in total. The summed E-state index contributed by atoms with van der Waals surface area (Å²) in [6.07, 6.45) is 3.12. The van der Waals surface area contributed by atoms with Crippen molar-refractivity contribution in [3.63, 3.8) is 0 Å². The molecule has 3 heteroatoms. The van der Waals surface area contributed by atoms with Gasteiger partial charge in [0.15, 0.2) is 0 Å². The van der Waals surface area contributed by atoms with E-state index in [9.17, 15) is 4.79 Å². The quantitative estimate of drug-likeness (QED) is 0.872. The van der Waals surface area contributed by atoms with Crippen molar-refractivity contribution >= 4 is 16.9 Å². The van der Waals surface area contributed by atoms with Crippen molar-refractivity contribution < 1.29 is 14.3 Å². The van der Waals surface area contributed by atoms with Gasteiger partial charge in [0.1, 0.15) is 11.3 Å². The Morgan fingerprint density at radius 1 is 1.35 bits per heavy atom. The van der Waals surface area contributed by atoms with E-state index in [0.29, 0.717) is 5.56 Å². The summed E-state index contributed by atoms with van der Waals surface area (Å²) in [6, 6.07) is 5.43. The molecule has 1 aromatic carbocycles. The Kier molecular flexibility index (Phi) is 3.18. The second-order valence-corrected chi connectivity index (χ2v) is 4.33. The van der Waals surface area contributed by atoms with Crippen LogP contribution in [0.3, 0.4) is 0 Å². The highest BCUT2D eigenvalue weighted by Gasteiger charge is 2.11. The van der Waals surface area contributed by atoms with Crippen molar-refractivity contribution in [2.45, 2.75) is 33.1 Å². The van der Waals surface area contributed by atoms with Crippen LogP contribution in [0.15, 0.2) is 22.6 Å². The van der Waals surface area contributed by atoms with E-state index in [0.717, 1.165) is 41.6 Å². The van der Waals surface area contributed by atoms with Gasteiger partial charge in [0.05, 0.1) is 5.56 Å². The average molecular weight is 232 g/mol. The van der Waals surface area contributed by atoms with Crippen molar-refractivity contribution in [1.82, 2.24) is 0 Å². The van der Waals surface area contributed by atoms with Gasteiger partial charge in [-0.15, -0.1) is 0 Å². The van der Waals surface area contributed by atoms with Crippen LogP contribution in [0.1, 0.15) is 41.4 Å². The van der Waals surface area contributed by atoms with Crippen molar-refractivity contribution in [2.75, 3.05) is 0 Å². The summed E-state index contributed by atoms with van der Waals surface area (Å²) >= 11 is 0. The van der Waals surface area contributed by atoms with Crippen molar-refractivity contribution in [3.05, 3.63) is 35.1 Å². The Hall–Kier alpha value is -1.77. The number of hydrogen-bond donors (Lipinski definition) is 1. The molecular formula is C14H16O3. The summed E-state index contributed by atoms with van der Waals surface area (Å²) in [5.74, 6) is 0.0458. The topological polar surface area (TPSA) is 50.4 Å². The van der Waals surface area contributed by atoms with E-state index >= 15 is 0 Å². The SMILES string of the molecule is CCCCc1cc2cc(C(=O)O)c(C)cc2o1. The molecule has 2 rings (SSSR count). The van der Waals surface area contributed by atoms with Crippen LogP contribution in [0.2, 0.25) is 0 Å². The van der Waals surface area contributed by atoms with Crippen LogP contribution in [0.4, 0.5) is 0 Å². The van der Waals surface area contributed by atoms with E-state index in [1.807, 2.05) is 6.07 Å². The number of aromatic carboxylic acids is 1. The standard InChI is InChI=1S/C14H16O3/c1-3-4-5-11-7-10-8-12(14(15)16)9(2)6-13(10)17-11/h6-8H,3-5H2,1-2H3,(H,15,16). The summed E-state index contributed by atoms with van der Waals surface area (Å²) in [4.78, 5) is 11.0. The number of hydrogen-bond acceptors (Lipinski definition) is 2. The van der Waals surface area contributed by atoms with Gasteiger partial charge in [0.25, 0.3) is 0 Å². The summed E-state index contributed by atoms with van der Waals surface area (Å²) in [7, 11) is 0. The first-order valence-electron chi connectivity index (χ1n) is 5.88. The van der Waals surface area contributed by atoms with E-state index in [4.69, 9.17) is 9.52 Å². The van der Waals surface area contributed by atoms with Gasteiger partial charge in [-0.1, -0.05) is 13.3 Å². The Labute approximate surface area is 100 Å². The summed E-state index contributed by atoms with van der Waals surface area (Å²) in [5.41, 5.74) is 1.86. The van der Waals surface area contributed by atoms with Crippen molar-refractivity contribution in [1.29, 1.82) is 0 Å². The number of furan rings is 1. The number of unbranched alkanes of at least 4 members (excludes halogenated alkanes) is 1. The van der Waals surface area contributed by atoms with Crippen LogP contribution in [0.5, 0.6) is 0 Å². The van der Waals surface area contributed by atoms with Crippen LogP contribution in [0.25, 0.3) is 11.0 Å².